The van der Waals surface area contributed by atoms with Crippen molar-refractivity contribution in [1.29, 1.82) is 0 Å². The van der Waals surface area contributed by atoms with Crippen LogP contribution in [0, 0.1) is 5.82 Å². The van der Waals surface area contributed by atoms with E-state index in [0.717, 1.165) is 24.2 Å². The normalized spacial score (nSPS) is 23.9. The van der Waals surface area contributed by atoms with Gasteiger partial charge in [0.15, 0.2) is 5.78 Å². The van der Waals surface area contributed by atoms with Gasteiger partial charge in [-0.05, 0) is 43.2 Å². The van der Waals surface area contributed by atoms with Crippen LogP contribution in [0.4, 0.5) is 4.39 Å². The van der Waals surface area contributed by atoms with Crippen molar-refractivity contribution < 1.29 is 9.18 Å². The molecule has 92 valence electrons. The molecule has 0 amide bonds. The Hall–Kier alpha value is -0.350. The van der Waals surface area contributed by atoms with Gasteiger partial charge in [-0.3, -0.25) is 4.79 Å². The number of carbonyl (C=O) groups is 1. The number of hydrogen-bond acceptors (Lipinski definition) is 2. The zero-order valence-electron chi connectivity index (χ0n) is 9.63. The zero-order chi connectivity index (χ0) is 12.5. The molecule has 1 unspecified atom stereocenters. The second-order valence-electron chi connectivity index (χ2n) is 4.52. The first-order chi connectivity index (χ1) is 8.01. The molecule has 17 heavy (non-hydrogen) atoms. The Kier molecular flexibility index (Phi) is 3.93. The molecular formula is C13H14BrFOS. The number of carbonyl (C=O) groups excluding carboxylic acids is 1. The van der Waals surface area contributed by atoms with Crippen molar-refractivity contribution in [3.05, 3.63) is 34.1 Å². The Morgan fingerprint density at radius 3 is 2.94 bits per heavy atom. The second kappa shape index (κ2) is 5.11. The molecule has 1 fully saturated rings. The summed E-state index contributed by atoms with van der Waals surface area (Å²) in [5.74, 6) is 1.02. The summed E-state index contributed by atoms with van der Waals surface area (Å²) in [7, 11) is 0. The summed E-state index contributed by atoms with van der Waals surface area (Å²) >= 11 is 5.04. The minimum Gasteiger partial charge on any atom is -0.298 e. The largest absolute Gasteiger partial charge is 0.298 e. The van der Waals surface area contributed by atoms with Crippen LogP contribution in [-0.2, 0) is 11.2 Å². The van der Waals surface area contributed by atoms with Gasteiger partial charge in [-0.2, -0.15) is 0 Å². The number of rotatable bonds is 3. The maximum atomic E-state index is 12.9. The minimum absolute atomic E-state index is 0.242. The van der Waals surface area contributed by atoms with Gasteiger partial charge >= 0.3 is 0 Å². The second-order valence-corrected chi connectivity index (χ2v) is 6.97. The zero-order valence-corrected chi connectivity index (χ0v) is 12.0. The lowest BCUT2D eigenvalue weighted by molar-refractivity contribution is -0.120. The van der Waals surface area contributed by atoms with Crippen molar-refractivity contribution in [3.63, 3.8) is 0 Å². The molecule has 4 heteroatoms. The summed E-state index contributed by atoms with van der Waals surface area (Å²) in [6.45, 7) is 2.02. The molecule has 2 rings (SSSR count). The van der Waals surface area contributed by atoms with Crippen molar-refractivity contribution in [2.45, 2.75) is 30.9 Å². The van der Waals surface area contributed by atoms with Gasteiger partial charge in [0.1, 0.15) is 5.82 Å². The van der Waals surface area contributed by atoms with E-state index in [9.17, 15) is 9.18 Å². The maximum Gasteiger partial charge on any atom is 0.152 e. The number of halogens is 2. The Morgan fingerprint density at radius 2 is 2.35 bits per heavy atom. The van der Waals surface area contributed by atoms with Crippen LogP contribution >= 0.6 is 27.7 Å². The quantitative estimate of drug-likeness (QED) is 0.839. The van der Waals surface area contributed by atoms with Gasteiger partial charge in [0.05, 0.1) is 4.75 Å². The summed E-state index contributed by atoms with van der Waals surface area (Å²) < 4.78 is 13.4. The lowest BCUT2D eigenvalue weighted by atomic mass is 9.95. The van der Waals surface area contributed by atoms with E-state index in [1.807, 2.05) is 6.92 Å². The molecule has 0 bridgehead atoms. The monoisotopic (exact) mass is 316 g/mol. The van der Waals surface area contributed by atoms with Crippen molar-refractivity contribution >= 4 is 33.5 Å². The number of Topliss-reactive ketones (excluding diaryl/α,β-unsaturated/α-hetero) is 1. The molecule has 0 spiro atoms. The average Bonchev–Trinajstić information content (AvgIpc) is 2.71. The highest BCUT2D eigenvalue weighted by atomic mass is 79.9. The van der Waals surface area contributed by atoms with E-state index in [-0.39, 0.29) is 16.3 Å². The molecule has 1 aromatic carbocycles. The first-order valence-electron chi connectivity index (χ1n) is 5.62. The highest BCUT2D eigenvalue weighted by Gasteiger charge is 2.36. The standard InChI is InChI=1S/C13H14BrFOS/c1-13(5-2-6-17-13)12(16)7-9-3-4-10(15)8-11(9)14/h3-4,8H,2,5-7H2,1H3. The van der Waals surface area contributed by atoms with E-state index >= 15 is 0 Å². The van der Waals surface area contributed by atoms with Crippen LogP contribution in [-0.4, -0.2) is 16.3 Å². The molecule has 1 atom stereocenters. The van der Waals surface area contributed by atoms with Gasteiger partial charge < -0.3 is 0 Å². The Labute approximate surface area is 113 Å². The Bertz CT molecular complexity index is 441. The van der Waals surface area contributed by atoms with E-state index in [1.54, 1.807) is 17.8 Å². The predicted molar refractivity (Wildman–Crippen MR) is 72.9 cm³/mol. The first kappa shape index (κ1) is 13.1. The summed E-state index contributed by atoms with van der Waals surface area (Å²) in [6.07, 6.45) is 2.44. The average molecular weight is 317 g/mol. The van der Waals surface area contributed by atoms with Crippen molar-refractivity contribution in [1.82, 2.24) is 0 Å². The Balaban J connectivity index is 2.13. The third kappa shape index (κ3) is 2.91. The smallest absolute Gasteiger partial charge is 0.152 e. The maximum absolute atomic E-state index is 12.9. The van der Waals surface area contributed by atoms with Crippen LogP contribution in [0.1, 0.15) is 25.3 Å². The molecule has 1 heterocycles. The third-order valence-electron chi connectivity index (χ3n) is 3.17. The summed E-state index contributed by atoms with van der Waals surface area (Å²) in [4.78, 5) is 12.2. The molecule has 1 saturated heterocycles. The molecule has 0 aliphatic carbocycles. The molecule has 1 aromatic rings. The van der Waals surface area contributed by atoms with E-state index in [1.165, 1.54) is 12.1 Å². The Morgan fingerprint density at radius 1 is 1.59 bits per heavy atom. The number of benzene rings is 1. The van der Waals surface area contributed by atoms with Crippen LogP contribution < -0.4 is 0 Å². The minimum atomic E-state index is -0.283. The van der Waals surface area contributed by atoms with Gasteiger partial charge in [-0.1, -0.05) is 22.0 Å². The molecule has 0 aromatic heterocycles. The summed E-state index contributed by atoms with van der Waals surface area (Å²) in [6, 6.07) is 4.49. The van der Waals surface area contributed by atoms with Gasteiger partial charge in [-0.25, -0.2) is 4.39 Å². The molecule has 0 saturated carbocycles. The van der Waals surface area contributed by atoms with Gasteiger partial charge in [0.25, 0.3) is 0 Å². The summed E-state index contributed by atoms with van der Waals surface area (Å²) in [5, 5.41) is 0. The van der Waals surface area contributed by atoms with Crippen molar-refractivity contribution in [2.24, 2.45) is 0 Å². The molecule has 1 aliphatic heterocycles. The van der Waals surface area contributed by atoms with Crippen molar-refractivity contribution in [3.8, 4) is 0 Å². The van der Waals surface area contributed by atoms with Crippen LogP contribution in [0.5, 0.6) is 0 Å². The number of thioether (sulfide) groups is 1. The van der Waals surface area contributed by atoms with Gasteiger partial charge in [0, 0.05) is 10.9 Å². The fourth-order valence-electron chi connectivity index (χ4n) is 2.02. The highest BCUT2D eigenvalue weighted by molar-refractivity contribution is 9.10. The predicted octanol–water partition coefficient (Wildman–Crippen LogP) is 3.99. The molecular weight excluding hydrogens is 303 g/mol. The number of ketones is 1. The van der Waals surface area contributed by atoms with Gasteiger partial charge in [0.2, 0.25) is 0 Å². The topological polar surface area (TPSA) is 17.1 Å². The molecule has 0 N–H and O–H groups in total. The van der Waals surface area contributed by atoms with Crippen LogP contribution in [0.3, 0.4) is 0 Å². The van der Waals surface area contributed by atoms with Crippen molar-refractivity contribution in [2.75, 3.05) is 5.75 Å². The third-order valence-corrected chi connectivity index (χ3v) is 5.47. The molecule has 1 aliphatic rings. The fraction of sp³-hybridized carbons (Fsp3) is 0.462. The summed E-state index contributed by atoms with van der Waals surface area (Å²) in [5.41, 5.74) is 0.866. The lowest BCUT2D eigenvalue weighted by Crippen LogP contribution is -2.30. The highest BCUT2D eigenvalue weighted by Crippen LogP contribution is 2.39. The fourth-order valence-corrected chi connectivity index (χ4v) is 3.78. The lowest BCUT2D eigenvalue weighted by Gasteiger charge is -2.21. The van der Waals surface area contributed by atoms with E-state index < -0.39 is 0 Å². The SMILES string of the molecule is CC1(C(=O)Cc2ccc(F)cc2Br)CCCS1. The van der Waals surface area contributed by atoms with Crippen LogP contribution in [0.15, 0.2) is 22.7 Å². The molecule has 0 radical (unpaired) electrons. The number of hydrogen-bond donors (Lipinski definition) is 0. The van der Waals surface area contributed by atoms with E-state index in [2.05, 4.69) is 15.9 Å². The van der Waals surface area contributed by atoms with Crippen LogP contribution in [0.25, 0.3) is 0 Å². The van der Waals surface area contributed by atoms with E-state index in [4.69, 9.17) is 0 Å². The van der Waals surface area contributed by atoms with Gasteiger partial charge in [-0.15, -0.1) is 11.8 Å². The van der Waals surface area contributed by atoms with E-state index in [0.29, 0.717) is 10.9 Å². The van der Waals surface area contributed by atoms with Crippen LogP contribution in [0.2, 0.25) is 0 Å². The molecule has 1 nitrogen and oxygen atoms in total. The first-order valence-corrected chi connectivity index (χ1v) is 7.40.